The Hall–Kier alpha value is -1.33. The van der Waals surface area contributed by atoms with Crippen molar-refractivity contribution in [1.29, 1.82) is 0 Å². The minimum atomic E-state index is -0.0580. The van der Waals surface area contributed by atoms with Gasteiger partial charge in [0.1, 0.15) is 5.76 Å². The second kappa shape index (κ2) is 7.09. The molecule has 0 aliphatic rings. The van der Waals surface area contributed by atoms with E-state index in [0.717, 1.165) is 12.2 Å². The van der Waals surface area contributed by atoms with Crippen molar-refractivity contribution in [3.8, 4) is 0 Å². The van der Waals surface area contributed by atoms with E-state index < -0.39 is 0 Å². The molecule has 5 nitrogen and oxygen atoms in total. The van der Waals surface area contributed by atoms with Crippen LogP contribution in [0.5, 0.6) is 0 Å². The molecule has 0 fully saturated rings. The van der Waals surface area contributed by atoms with Crippen molar-refractivity contribution in [2.24, 2.45) is 5.73 Å². The van der Waals surface area contributed by atoms with Gasteiger partial charge >= 0.3 is 0 Å². The fourth-order valence-electron chi connectivity index (χ4n) is 1.65. The number of likely N-dealkylation sites (N-methyl/N-ethyl adjacent to an activating group) is 1. The molecule has 3 N–H and O–H groups in total. The number of hydrogen-bond acceptors (Lipinski definition) is 4. The quantitative estimate of drug-likeness (QED) is 0.736. The largest absolute Gasteiger partial charge is 0.468 e. The molecular formula is C12H21N3O2. The number of rotatable bonds is 7. The lowest BCUT2D eigenvalue weighted by molar-refractivity contribution is -0.122. The standard InChI is InChI=1S/C12H21N3O2/c1-3-6-14-12(16)9-15(2)10(8-13)11-5-4-7-17-11/h4-5,7,10H,3,6,8-9,13H2,1-2H3,(H,14,16). The monoisotopic (exact) mass is 239 g/mol. The Kier molecular flexibility index (Phi) is 5.72. The number of nitrogens with two attached hydrogens (primary N) is 1. The van der Waals surface area contributed by atoms with Crippen LogP contribution in [0.15, 0.2) is 22.8 Å². The maximum atomic E-state index is 11.6. The van der Waals surface area contributed by atoms with E-state index >= 15 is 0 Å². The summed E-state index contributed by atoms with van der Waals surface area (Å²) in [5.41, 5.74) is 5.71. The van der Waals surface area contributed by atoms with Crippen molar-refractivity contribution in [3.05, 3.63) is 24.2 Å². The highest BCUT2D eigenvalue weighted by atomic mass is 16.3. The summed E-state index contributed by atoms with van der Waals surface area (Å²) in [6, 6.07) is 3.64. The molecule has 0 radical (unpaired) electrons. The average Bonchev–Trinajstić information content (AvgIpc) is 2.81. The van der Waals surface area contributed by atoms with E-state index in [1.54, 1.807) is 6.26 Å². The SMILES string of the molecule is CCCNC(=O)CN(C)C(CN)c1ccco1. The minimum absolute atomic E-state index is 0.0133. The molecule has 0 saturated heterocycles. The summed E-state index contributed by atoms with van der Waals surface area (Å²) in [5, 5.41) is 2.84. The van der Waals surface area contributed by atoms with Crippen LogP contribution >= 0.6 is 0 Å². The van der Waals surface area contributed by atoms with Gasteiger partial charge in [-0.05, 0) is 25.6 Å². The summed E-state index contributed by atoms with van der Waals surface area (Å²) >= 11 is 0. The molecule has 1 amide bonds. The third-order valence-electron chi connectivity index (χ3n) is 2.59. The van der Waals surface area contributed by atoms with Gasteiger partial charge in [-0.2, -0.15) is 0 Å². The number of nitrogens with one attached hydrogen (secondary N) is 1. The van der Waals surface area contributed by atoms with Gasteiger partial charge in [-0.3, -0.25) is 9.69 Å². The first-order valence-electron chi connectivity index (χ1n) is 5.89. The van der Waals surface area contributed by atoms with Crippen LogP contribution in [0.25, 0.3) is 0 Å². The summed E-state index contributed by atoms with van der Waals surface area (Å²) in [5.74, 6) is 0.803. The second-order valence-electron chi connectivity index (χ2n) is 4.03. The number of hydrogen-bond donors (Lipinski definition) is 2. The van der Waals surface area contributed by atoms with Crippen LogP contribution < -0.4 is 11.1 Å². The van der Waals surface area contributed by atoms with Gasteiger partial charge in [0.15, 0.2) is 0 Å². The van der Waals surface area contributed by atoms with E-state index in [0.29, 0.717) is 19.6 Å². The van der Waals surface area contributed by atoms with Crippen molar-refractivity contribution in [2.75, 3.05) is 26.7 Å². The summed E-state index contributed by atoms with van der Waals surface area (Å²) in [6.07, 6.45) is 2.55. The van der Waals surface area contributed by atoms with Gasteiger partial charge < -0.3 is 15.5 Å². The molecule has 0 saturated carbocycles. The molecule has 1 aromatic heterocycles. The molecule has 1 heterocycles. The Labute approximate surface area is 102 Å². The molecule has 1 atom stereocenters. The molecule has 1 unspecified atom stereocenters. The molecule has 0 aliphatic carbocycles. The third kappa shape index (κ3) is 4.20. The summed E-state index contributed by atoms with van der Waals surface area (Å²) in [6.45, 7) is 3.48. The maximum absolute atomic E-state index is 11.6. The van der Waals surface area contributed by atoms with E-state index in [2.05, 4.69) is 5.32 Å². The van der Waals surface area contributed by atoms with Gasteiger partial charge in [0.05, 0.1) is 18.8 Å². The zero-order chi connectivity index (χ0) is 12.7. The summed E-state index contributed by atoms with van der Waals surface area (Å²) in [7, 11) is 1.87. The number of nitrogens with zero attached hydrogens (tertiary/aromatic N) is 1. The summed E-state index contributed by atoms with van der Waals surface area (Å²) < 4.78 is 5.32. The highest BCUT2D eigenvalue weighted by Crippen LogP contribution is 2.17. The van der Waals surface area contributed by atoms with Crippen LogP contribution in [-0.2, 0) is 4.79 Å². The number of carbonyl (C=O) groups excluding carboxylic acids is 1. The van der Waals surface area contributed by atoms with Gasteiger partial charge in [-0.15, -0.1) is 0 Å². The first-order chi connectivity index (χ1) is 8.19. The van der Waals surface area contributed by atoms with Crippen molar-refractivity contribution in [2.45, 2.75) is 19.4 Å². The lowest BCUT2D eigenvalue weighted by Crippen LogP contribution is -2.39. The molecule has 1 rings (SSSR count). The predicted octanol–water partition coefficient (Wildman–Crippen LogP) is 0.737. The molecule has 5 heteroatoms. The second-order valence-corrected chi connectivity index (χ2v) is 4.03. The van der Waals surface area contributed by atoms with Crippen molar-refractivity contribution >= 4 is 5.91 Å². The molecule has 0 aliphatic heterocycles. The highest BCUT2D eigenvalue weighted by molar-refractivity contribution is 5.77. The lowest BCUT2D eigenvalue weighted by atomic mass is 10.2. The van der Waals surface area contributed by atoms with Crippen LogP contribution in [0, 0.1) is 0 Å². The Morgan fingerprint density at radius 2 is 2.41 bits per heavy atom. The molecule has 17 heavy (non-hydrogen) atoms. The van der Waals surface area contributed by atoms with E-state index in [-0.39, 0.29) is 11.9 Å². The Morgan fingerprint density at radius 1 is 1.65 bits per heavy atom. The van der Waals surface area contributed by atoms with Gasteiger partial charge in [-0.1, -0.05) is 6.92 Å². The summed E-state index contributed by atoms with van der Waals surface area (Å²) in [4.78, 5) is 13.5. The zero-order valence-corrected chi connectivity index (χ0v) is 10.5. The molecule has 0 aromatic carbocycles. The number of carbonyl (C=O) groups is 1. The lowest BCUT2D eigenvalue weighted by Gasteiger charge is -2.24. The zero-order valence-electron chi connectivity index (χ0n) is 10.5. The van der Waals surface area contributed by atoms with Crippen LogP contribution in [0.1, 0.15) is 25.1 Å². The maximum Gasteiger partial charge on any atom is 0.234 e. The molecule has 1 aromatic rings. The first-order valence-corrected chi connectivity index (χ1v) is 5.89. The van der Waals surface area contributed by atoms with E-state index in [9.17, 15) is 4.79 Å². The third-order valence-corrected chi connectivity index (χ3v) is 2.59. The normalized spacial score (nSPS) is 12.7. The first kappa shape index (κ1) is 13.7. The Balaban J connectivity index is 2.50. The highest BCUT2D eigenvalue weighted by Gasteiger charge is 2.19. The molecule has 0 spiro atoms. The number of amides is 1. The predicted molar refractivity (Wildman–Crippen MR) is 66.4 cm³/mol. The average molecular weight is 239 g/mol. The van der Waals surface area contributed by atoms with Crippen LogP contribution in [0.4, 0.5) is 0 Å². The minimum Gasteiger partial charge on any atom is -0.468 e. The Bertz CT molecular complexity index is 325. The van der Waals surface area contributed by atoms with Crippen molar-refractivity contribution in [3.63, 3.8) is 0 Å². The van der Waals surface area contributed by atoms with Crippen molar-refractivity contribution < 1.29 is 9.21 Å². The van der Waals surface area contributed by atoms with Crippen molar-refractivity contribution in [1.82, 2.24) is 10.2 Å². The van der Waals surface area contributed by atoms with Crippen LogP contribution in [0.2, 0.25) is 0 Å². The van der Waals surface area contributed by atoms with E-state index in [4.69, 9.17) is 10.2 Å². The smallest absolute Gasteiger partial charge is 0.234 e. The molecular weight excluding hydrogens is 218 g/mol. The topological polar surface area (TPSA) is 71.5 Å². The van der Waals surface area contributed by atoms with Gasteiger partial charge in [0, 0.05) is 13.1 Å². The number of furan rings is 1. The Morgan fingerprint density at radius 3 is 2.94 bits per heavy atom. The molecule has 0 bridgehead atoms. The van der Waals surface area contributed by atoms with Gasteiger partial charge in [0.2, 0.25) is 5.91 Å². The van der Waals surface area contributed by atoms with Crippen LogP contribution in [-0.4, -0.2) is 37.5 Å². The molecule has 96 valence electrons. The van der Waals surface area contributed by atoms with E-state index in [1.807, 2.05) is 31.0 Å². The fraction of sp³-hybridized carbons (Fsp3) is 0.583. The van der Waals surface area contributed by atoms with Gasteiger partial charge in [-0.25, -0.2) is 0 Å². The van der Waals surface area contributed by atoms with E-state index in [1.165, 1.54) is 0 Å². The van der Waals surface area contributed by atoms with Gasteiger partial charge in [0.25, 0.3) is 0 Å². The van der Waals surface area contributed by atoms with Crippen LogP contribution in [0.3, 0.4) is 0 Å². The fourth-order valence-corrected chi connectivity index (χ4v) is 1.65.